The fourth-order valence-corrected chi connectivity index (χ4v) is 1.60. The van der Waals surface area contributed by atoms with Crippen LogP contribution in [0.5, 0.6) is 0 Å². The molecular formula is C13H14N2O. The number of aryl methyl sites for hydroxylation is 1. The smallest absolute Gasteiger partial charge is 0.253 e. The van der Waals surface area contributed by atoms with E-state index in [9.17, 15) is 4.79 Å². The third kappa shape index (κ3) is 2.14. The van der Waals surface area contributed by atoms with Crippen LogP contribution in [0.15, 0.2) is 47.4 Å². The molecule has 3 nitrogen and oxygen atoms in total. The number of nitrogens with two attached hydrogens (primary N) is 1. The lowest BCUT2D eigenvalue weighted by atomic mass is 10.2. The van der Waals surface area contributed by atoms with E-state index in [1.807, 2.05) is 43.3 Å². The standard InChI is InChI=1S/C13H14N2O/c1-10-3-2-8-15(13(10)16)9-11-4-6-12(14)7-5-11/h2-8H,9,14H2,1H3. The zero-order chi connectivity index (χ0) is 11.5. The molecule has 0 amide bonds. The summed E-state index contributed by atoms with van der Waals surface area (Å²) < 4.78 is 1.70. The van der Waals surface area contributed by atoms with Gasteiger partial charge in [0, 0.05) is 17.4 Å². The summed E-state index contributed by atoms with van der Waals surface area (Å²) in [7, 11) is 0. The van der Waals surface area contributed by atoms with Gasteiger partial charge in [-0.2, -0.15) is 0 Å². The normalized spacial score (nSPS) is 10.3. The van der Waals surface area contributed by atoms with Crippen molar-refractivity contribution in [2.45, 2.75) is 13.5 Å². The maximum absolute atomic E-state index is 11.8. The second kappa shape index (κ2) is 4.23. The summed E-state index contributed by atoms with van der Waals surface area (Å²) in [4.78, 5) is 11.8. The third-order valence-electron chi connectivity index (χ3n) is 2.54. The summed E-state index contributed by atoms with van der Waals surface area (Å²) in [5, 5.41) is 0. The molecule has 1 heterocycles. The monoisotopic (exact) mass is 214 g/mol. The van der Waals surface area contributed by atoms with Gasteiger partial charge in [0.15, 0.2) is 0 Å². The van der Waals surface area contributed by atoms with Gasteiger partial charge in [-0.05, 0) is 30.7 Å². The van der Waals surface area contributed by atoms with Crippen LogP contribution in [-0.2, 0) is 6.54 Å². The predicted octanol–water partition coefficient (Wildman–Crippen LogP) is 1.79. The van der Waals surface area contributed by atoms with E-state index in [0.717, 1.165) is 16.8 Å². The van der Waals surface area contributed by atoms with Crippen molar-refractivity contribution < 1.29 is 0 Å². The van der Waals surface area contributed by atoms with Gasteiger partial charge in [0.2, 0.25) is 0 Å². The molecule has 3 heteroatoms. The highest BCUT2D eigenvalue weighted by atomic mass is 16.1. The summed E-state index contributed by atoms with van der Waals surface area (Å²) in [5.41, 5.74) is 8.23. The van der Waals surface area contributed by atoms with Gasteiger partial charge in [-0.3, -0.25) is 4.79 Å². The van der Waals surface area contributed by atoms with Gasteiger partial charge >= 0.3 is 0 Å². The number of aromatic nitrogens is 1. The van der Waals surface area contributed by atoms with Crippen molar-refractivity contribution >= 4 is 5.69 Å². The molecule has 0 fully saturated rings. The number of hydrogen-bond acceptors (Lipinski definition) is 2. The summed E-state index contributed by atoms with van der Waals surface area (Å²) in [6.45, 7) is 2.41. The van der Waals surface area contributed by atoms with Gasteiger partial charge in [0.05, 0.1) is 6.54 Å². The number of anilines is 1. The zero-order valence-corrected chi connectivity index (χ0v) is 9.18. The molecule has 0 atom stereocenters. The Balaban J connectivity index is 2.31. The quantitative estimate of drug-likeness (QED) is 0.775. The van der Waals surface area contributed by atoms with Crippen molar-refractivity contribution in [1.29, 1.82) is 0 Å². The summed E-state index contributed by atoms with van der Waals surface area (Å²) >= 11 is 0. The Morgan fingerprint density at radius 2 is 1.88 bits per heavy atom. The van der Waals surface area contributed by atoms with Crippen molar-refractivity contribution in [2.75, 3.05) is 5.73 Å². The first-order chi connectivity index (χ1) is 7.66. The van der Waals surface area contributed by atoms with E-state index in [0.29, 0.717) is 6.54 Å². The molecule has 2 rings (SSSR count). The molecule has 82 valence electrons. The average molecular weight is 214 g/mol. The Kier molecular flexibility index (Phi) is 2.77. The van der Waals surface area contributed by atoms with Gasteiger partial charge < -0.3 is 10.3 Å². The fourth-order valence-electron chi connectivity index (χ4n) is 1.60. The van der Waals surface area contributed by atoms with Crippen LogP contribution in [0.2, 0.25) is 0 Å². The van der Waals surface area contributed by atoms with Crippen LogP contribution in [0.4, 0.5) is 5.69 Å². The lowest BCUT2D eigenvalue weighted by Crippen LogP contribution is -2.21. The highest BCUT2D eigenvalue weighted by Crippen LogP contribution is 2.06. The molecule has 1 aromatic carbocycles. The lowest BCUT2D eigenvalue weighted by molar-refractivity contribution is 0.752. The first kappa shape index (κ1) is 10.5. The molecule has 0 aliphatic rings. The maximum Gasteiger partial charge on any atom is 0.253 e. The van der Waals surface area contributed by atoms with Crippen LogP contribution in [0.25, 0.3) is 0 Å². The Bertz CT molecular complexity index is 541. The van der Waals surface area contributed by atoms with Crippen molar-refractivity contribution in [3.05, 3.63) is 64.1 Å². The minimum Gasteiger partial charge on any atom is -0.399 e. The first-order valence-electron chi connectivity index (χ1n) is 5.17. The van der Waals surface area contributed by atoms with Gasteiger partial charge in [-0.1, -0.05) is 18.2 Å². The molecule has 0 bridgehead atoms. The Hall–Kier alpha value is -2.03. The third-order valence-corrected chi connectivity index (χ3v) is 2.54. The number of nitrogen functional groups attached to an aromatic ring is 1. The van der Waals surface area contributed by atoms with Crippen LogP contribution in [0.1, 0.15) is 11.1 Å². The van der Waals surface area contributed by atoms with Crippen molar-refractivity contribution in [2.24, 2.45) is 0 Å². The minimum atomic E-state index is 0.0549. The molecular weight excluding hydrogens is 200 g/mol. The largest absolute Gasteiger partial charge is 0.399 e. The van der Waals surface area contributed by atoms with Gasteiger partial charge in [-0.25, -0.2) is 0 Å². The number of rotatable bonds is 2. The van der Waals surface area contributed by atoms with Crippen LogP contribution >= 0.6 is 0 Å². The summed E-state index contributed by atoms with van der Waals surface area (Å²) in [6, 6.07) is 11.3. The van der Waals surface area contributed by atoms with Crippen LogP contribution in [-0.4, -0.2) is 4.57 Å². The molecule has 0 unspecified atom stereocenters. The molecule has 0 aliphatic heterocycles. The first-order valence-corrected chi connectivity index (χ1v) is 5.17. The Morgan fingerprint density at radius 3 is 2.56 bits per heavy atom. The number of hydrogen-bond donors (Lipinski definition) is 1. The summed E-state index contributed by atoms with van der Waals surface area (Å²) in [6.07, 6.45) is 1.80. The predicted molar refractivity (Wildman–Crippen MR) is 65.4 cm³/mol. The Morgan fingerprint density at radius 1 is 1.19 bits per heavy atom. The Labute approximate surface area is 94.1 Å². The second-order valence-corrected chi connectivity index (χ2v) is 3.87. The van der Waals surface area contributed by atoms with E-state index in [2.05, 4.69) is 0 Å². The van der Waals surface area contributed by atoms with E-state index in [1.54, 1.807) is 10.8 Å². The average Bonchev–Trinajstić information content (AvgIpc) is 2.28. The van der Waals surface area contributed by atoms with Crippen LogP contribution in [0, 0.1) is 6.92 Å². The lowest BCUT2D eigenvalue weighted by Gasteiger charge is -2.06. The molecule has 0 aliphatic carbocycles. The van der Waals surface area contributed by atoms with Gasteiger partial charge in [0.25, 0.3) is 5.56 Å². The molecule has 0 saturated carbocycles. The maximum atomic E-state index is 11.8. The molecule has 0 spiro atoms. The number of nitrogens with zero attached hydrogens (tertiary/aromatic N) is 1. The van der Waals surface area contributed by atoms with Gasteiger partial charge in [0.1, 0.15) is 0 Å². The molecule has 2 aromatic rings. The molecule has 1 aromatic heterocycles. The van der Waals surface area contributed by atoms with Crippen LogP contribution in [0.3, 0.4) is 0 Å². The van der Waals surface area contributed by atoms with E-state index in [4.69, 9.17) is 5.73 Å². The molecule has 16 heavy (non-hydrogen) atoms. The van der Waals surface area contributed by atoms with E-state index < -0.39 is 0 Å². The highest BCUT2D eigenvalue weighted by molar-refractivity contribution is 5.39. The van der Waals surface area contributed by atoms with E-state index in [-0.39, 0.29) is 5.56 Å². The zero-order valence-electron chi connectivity index (χ0n) is 9.18. The molecule has 0 saturated heterocycles. The van der Waals surface area contributed by atoms with Crippen molar-refractivity contribution in [3.63, 3.8) is 0 Å². The topological polar surface area (TPSA) is 48.0 Å². The van der Waals surface area contributed by atoms with E-state index >= 15 is 0 Å². The van der Waals surface area contributed by atoms with Crippen molar-refractivity contribution in [3.8, 4) is 0 Å². The van der Waals surface area contributed by atoms with Crippen molar-refractivity contribution in [1.82, 2.24) is 4.57 Å². The van der Waals surface area contributed by atoms with Crippen LogP contribution < -0.4 is 11.3 Å². The number of pyridine rings is 1. The minimum absolute atomic E-state index is 0.0549. The van der Waals surface area contributed by atoms with E-state index in [1.165, 1.54) is 0 Å². The molecule has 0 radical (unpaired) electrons. The summed E-state index contributed by atoms with van der Waals surface area (Å²) in [5.74, 6) is 0. The second-order valence-electron chi connectivity index (χ2n) is 3.87. The fraction of sp³-hybridized carbons (Fsp3) is 0.154. The molecule has 2 N–H and O–H groups in total. The SMILES string of the molecule is Cc1cccn(Cc2ccc(N)cc2)c1=O. The number of benzene rings is 1. The van der Waals surface area contributed by atoms with Gasteiger partial charge in [-0.15, -0.1) is 0 Å². The highest BCUT2D eigenvalue weighted by Gasteiger charge is 1.99.